The minimum atomic E-state index is 0.0347. The highest BCUT2D eigenvalue weighted by Gasteiger charge is 2.13. The van der Waals surface area contributed by atoms with Crippen LogP contribution in [-0.2, 0) is 0 Å². The van der Waals surface area contributed by atoms with Crippen molar-refractivity contribution in [3.8, 4) is 5.75 Å². The molecule has 100 valence electrons. The van der Waals surface area contributed by atoms with E-state index in [4.69, 9.17) is 10.5 Å². The van der Waals surface area contributed by atoms with Crippen molar-refractivity contribution in [1.82, 2.24) is 4.90 Å². The Morgan fingerprint density at radius 3 is 2.78 bits per heavy atom. The molecule has 4 heteroatoms. The van der Waals surface area contributed by atoms with E-state index in [2.05, 4.69) is 0 Å². The first-order valence-corrected chi connectivity index (χ1v) is 6.45. The van der Waals surface area contributed by atoms with Crippen LogP contribution in [-0.4, -0.2) is 37.0 Å². The summed E-state index contributed by atoms with van der Waals surface area (Å²) in [6.07, 6.45) is 0.824. The number of ether oxygens (including phenoxy) is 1. The zero-order valence-electron chi connectivity index (χ0n) is 11.2. The van der Waals surface area contributed by atoms with Gasteiger partial charge in [-0.05, 0) is 45.0 Å². The van der Waals surface area contributed by atoms with Gasteiger partial charge in [0.15, 0.2) is 0 Å². The first-order valence-electron chi connectivity index (χ1n) is 6.45. The number of carbonyl (C=O) groups excluding carboxylic acids is 1. The molecule has 1 amide bonds. The maximum absolute atomic E-state index is 12.3. The lowest BCUT2D eigenvalue weighted by Crippen LogP contribution is -2.32. The first-order chi connectivity index (χ1) is 8.72. The van der Waals surface area contributed by atoms with Crippen molar-refractivity contribution in [2.45, 2.75) is 20.3 Å². The Labute approximate surface area is 109 Å². The van der Waals surface area contributed by atoms with E-state index in [9.17, 15) is 4.79 Å². The van der Waals surface area contributed by atoms with Crippen LogP contribution in [0.15, 0.2) is 24.3 Å². The highest BCUT2D eigenvalue weighted by Crippen LogP contribution is 2.15. The average Bonchev–Trinajstić information content (AvgIpc) is 2.40. The van der Waals surface area contributed by atoms with E-state index < -0.39 is 0 Å². The van der Waals surface area contributed by atoms with E-state index in [1.165, 1.54) is 0 Å². The summed E-state index contributed by atoms with van der Waals surface area (Å²) in [5.41, 5.74) is 6.14. The predicted octanol–water partition coefficient (Wildman–Crippen LogP) is 1.90. The van der Waals surface area contributed by atoms with Crippen molar-refractivity contribution >= 4 is 5.91 Å². The summed E-state index contributed by atoms with van der Waals surface area (Å²) in [6.45, 7) is 6.49. The van der Waals surface area contributed by atoms with Crippen molar-refractivity contribution in [1.29, 1.82) is 0 Å². The van der Waals surface area contributed by atoms with E-state index in [-0.39, 0.29) is 5.91 Å². The molecule has 1 aromatic rings. The molecule has 0 saturated heterocycles. The zero-order valence-corrected chi connectivity index (χ0v) is 11.2. The number of hydrogen-bond donors (Lipinski definition) is 1. The molecule has 0 aliphatic rings. The molecule has 0 aliphatic heterocycles. The largest absolute Gasteiger partial charge is 0.494 e. The highest BCUT2D eigenvalue weighted by molar-refractivity contribution is 5.94. The van der Waals surface area contributed by atoms with Crippen LogP contribution in [0, 0.1) is 0 Å². The number of nitrogens with two attached hydrogens (primary N) is 1. The number of amides is 1. The molecule has 0 atom stereocenters. The van der Waals surface area contributed by atoms with Gasteiger partial charge in [0.25, 0.3) is 5.91 Å². The third-order valence-electron chi connectivity index (χ3n) is 2.69. The summed E-state index contributed by atoms with van der Waals surface area (Å²) in [5, 5.41) is 0. The molecule has 0 heterocycles. The lowest BCUT2D eigenvalue weighted by molar-refractivity contribution is 0.0763. The van der Waals surface area contributed by atoms with Gasteiger partial charge in [-0.3, -0.25) is 4.79 Å². The minimum absolute atomic E-state index is 0.0347. The van der Waals surface area contributed by atoms with Crippen LogP contribution in [0.3, 0.4) is 0 Å². The Balaban J connectivity index is 2.77. The Morgan fingerprint density at radius 2 is 2.17 bits per heavy atom. The van der Waals surface area contributed by atoms with Crippen LogP contribution in [0.2, 0.25) is 0 Å². The normalized spacial score (nSPS) is 10.2. The number of rotatable bonds is 7. The van der Waals surface area contributed by atoms with E-state index in [0.29, 0.717) is 31.8 Å². The number of carbonyl (C=O) groups is 1. The number of nitrogens with zero attached hydrogens (tertiary/aromatic N) is 1. The Hall–Kier alpha value is -1.55. The van der Waals surface area contributed by atoms with Crippen LogP contribution in [0.1, 0.15) is 30.6 Å². The van der Waals surface area contributed by atoms with E-state index in [0.717, 1.165) is 12.2 Å². The molecular formula is C14H22N2O2. The minimum Gasteiger partial charge on any atom is -0.494 e. The molecule has 0 aromatic heterocycles. The predicted molar refractivity (Wildman–Crippen MR) is 72.9 cm³/mol. The highest BCUT2D eigenvalue weighted by atomic mass is 16.5. The fraction of sp³-hybridized carbons (Fsp3) is 0.500. The number of hydrogen-bond acceptors (Lipinski definition) is 3. The molecule has 0 saturated carbocycles. The van der Waals surface area contributed by atoms with Gasteiger partial charge >= 0.3 is 0 Å². The van der Waals surface area contributed by atoms with Gasteiger partial charge in [-0.15, -0.1) is 0 Å². The lowest BCUT2D eigenvalue weighted by atomic mass is 10.2. The number of benzene rings is 1. The molecule has 0 fully saturated rings. The van der Waals surface area contributed by atoms with Crippen molar-refractivity contribution in [2.24, 2.45) is 5.73 Å². The molecule has 0 aliphatic carbocycles. The lowest BCUT2D eigenvalue weighted by Gasteiger charge is -2.20. The molecule has 0 spiro atoms. The van der Waals surface area contributed by atoms with Crippen molar-refractivity contribution in [3.05, 3.63) is 29.8 Å². The van der Waals surface area contributed by atoms with Crippen LogP contribution in [0.4, 0.5) is 0 Å². The molecule has 2 N–H and O–H groups in total. The van der Waals surface area contributed by atoms with Crippen LogP contribution >= 0.6 is 0 Å². The van der Waals surface area contributed by atoms with Crippen LogP contribution in [0.25, 0.3) is 0 Å². The molecule has 4 nitrogen and oxygen atoms in total. The van der Waals surface area contributed by atoms with Crippen LogP contribution < -0.4 is 10.5 Å². The average molecular weight is 250 g/mol. The first kappa shape index (κ1) is 14.5. The molecule has 18 heavy (non-hydrogen) atoms. The van der Waals surface area contributed by atoms with Crippen molar-refractivity contribution < 1.29 is 9.53 Å². The molecule has 1 aromatic carbocycles. The van der Waals surface area contributed by atoms with Crippen LogP contribution in [0.5, 0.6) is 5.75 Å². The maximum Gasteiger partial charge on any atom is 0.253 e. The van der Waals surface area contributed by atoms with Gasteiger partial charge in [-0.2, -0.15) is 0 Å². The maximum atomic E-state index is 12.3. The second-order valence-electron chi connectivity index (χ2n) is 3.99. The molecule has 1 rings (SSSR count). The van der Waals surface area contributed by atoms with E-state index >= 15 is 0 Å². The van der Waals surface area contributed by atoms with Gasteiger partial charge in [0.2, 0.25) is 0 Å². The second kappa shape index (κ2) is 7.71. The second-order valence-corrected chi connectivity index (χ2v) is 3.99. The fourth-order valence-electron chi connectivity index (χ4n) is 1.75. The third-order valence-corrected chi connectivity index (χ3v) is 2.69. The van der Waals surface area contributed by atoms with Crippen molar-refractivity contribution in [2.75, 3.05) is 26.2 Å². The summed E-state index contributed by atoms with van der Waals surface area (Å²) in [7, 11) is 0. The fourth-order valence-corrected chi connectivity index (χ4v) is 1.75. The zero-order chi connectivity index (χ0) is 13.4. The monoisotopic (exact) mass is 250 g/mol. The van der Waals surface area contributed by atoms with Gasteiger partial charge in [0.1, 0.15) is 5.75 Å². The summed E-state index contributed by atoms with van der Waals surface area (Å²) < 4.78 is 5.40. The topological polar surface area (TPSA) is 55.6 Å². The molecule has 0 radical (unpaired) electrons. The van der Waals surface area contributed by atoms with Gasteiger partial charge in [0.05, 0.1) is 6.61 Å². The Bertz CT molecular complexity index is 380. The SMILES string of the molecule is CCOc1cccc(C(=O)N(CC)CCCN)c1. The molecular weight excluding hydrogens is 228 g/mol. The van der Waals surface area contributed by atoms with E-state index in [1.54, 1.807) is 11.0 Å². The Kier molecular flexibility index (Phi) is 6.22. The van der Waals surface area contributed by atoms with Gasteiger partial charge < -0.3 is 15.4 Å². The summed E-state index contributed by atoms with van der Waals surface area (Å²) >= 11 is 0. The third kappa shape index (κ3) is 4.04. The summed E-state index contributed by atoms with van der Waals surface area (Å²) in [5.74, 6) is 0.769. The Morgan fingerprint density at radius 1 is 1.39 bits per heavy atom. The smallest absolute Gasteiger partial charge is 0.253 e. The summed E-state index contributed by atoms with van der Waals surface area (Å²) in [6, 6.07) is 7.30. The summed E-state index contributed by atoms with van der Waals surface area (Å²) in [4.78, 5) is 14.1. The quantitative estimate of drug-likeness (QED) is 0.804. The van der Waals surface area contributed by atoms with Gasteiger partial charge in [-0.1, -0.05) is 6.07 Å². The van der Waals surface area contributed by atoms with Gasteiger partial charge in [0, 0.05) is 18.7 Å². The molecule has 0 bridgehead atoms. The standard InChI is InChI=1S/C14H22N2O2/c1-3-16(10-6-9-15)14(17)12-7-5-8-13(11-12)18-4-2/h5,7-8,11H,3-4,6,9-10,15H2,1-2H3. The van der Waals surface area contributed by atoms with E-state index in [1.807, 2.05) is 32.0 Å². The van der Waals surface area contributed by atoms with Gasteiger partial charge in [-0.25, -0.2) is 0 Å². The van der Waals surface area contributed by atoms with Crippen molar-refractivity contribution in [3.63, 3.8) is 0 Å². The molecule has 0 unspecified atom stereocenters.